The predicted octanol–water partition coefficient (Wildman–Crippen LogP) is 3.82. The van der Waals surface area contributed by atoms with Crippen molar-refractivity contribution in [3.8, 4) is 11.3 Å². The number of nitrogens with zero attached hydrogens (tertiary/aromatic N) is 4. The molecule has 3 aliphatic rings. The summed E-state index contributed by atoms with van der Waals surface area (Å²) in [7, 11) is 0. The van der Waals surface area contributed by atoms with Crippen molar-refractivity contribution in [1.29, 1.82) is 0 Å². The minimum absolute atomic E-state index is 0.168. The molecular formula is C20H21IN6S. The van der Waals surface area contributed by atoms with E-state index in [0.29, 0.717) is 5.92 Å². The minimum atomic E-state index is -0.191. The van der Waals surface area contributed by atoms with Crippen LogP contribution in [0.15, 0.2) is 63.0 Å². The van der Waals surface area contributed by atoms with Crippen LogP contribution in [-0.4, -0.2) is 44.0 Å². The van der Waals surface area contributed by atoms with Gasteiger partial charge in [0.05, 0.1) is 15.2 Å². The summed E-state index contributed by atoms with van der Waals surface area (Å²) in [4.78, 5) is 7.14. The van der Waals surface area contributed by atoms with Gasteiger partial charge in [-0.1, -0.05) is 51.1 Å². The third-order valence-corrected chi connectivity index (χ3v) is 7.93. The summed E-state index contributed by atoms with van der Waals surface area (Å²) < 4.78 is 3.64. The molecule has 1 aromatic heterocycles. The average Bonchev–Trinajstić information content (AvgIpc) is 3.48. The standard InChI is InChI=1S/C20H21IN6S/c1-2-26-12-15(10-23-26)17-11-22-19-18(21-8-9-27(17)19)25-20-24-16(13-28-20)14-6-4-3-5-7-14/h3-11,13,15,19,22H,2,12H2,1H3,(H,24,25). The van der Waals surface area contributed by atoms with Gasteiger partial charge in [0.1, 0.15) is 6.17 Å². The monoisotopic (exact) mass is 504 g/mol. The smallest absolute Gasteiger partial charge is 0.187 e. The molecule has 0 spiro atoms. The van der Waals surface area contributed by atoms with Crippen molar-refractivity contribution in [1.82, 2.24) is 20.2 Å². The molecule has 0 fully saturated rings. The lowest BCUT2D eigenvalue weighted by Crippen LogP contribution is -2.45. The van der Waals surface area contributed by atoms with E-state index in [2.05, 4.69) is 72.8 Å². The number of hydrazone groups is 1. The number of halogens is 1. The van der Waals surface area contributed by atoms with Crippen LogP contribution in [0.4, 0.5) is 5.13 Å². The number of hydrogen-bond acceptors (Lipinski definition) is 7. The van der Waals surface area contributed by atoms with Gasteiger partial charge in [-0.3, -0.25) is 5.01 Å². The first-order chi connectivity index (χ1) is 13.8. The van der Waals surface area contributed by atoms with Crippen LogP contribution in [0.1, 0.15) is 6.92 Å². The Hall–Kier alpha value is -2.20. The molecule has 0 amide bonds. The second kappa shape index (κ2) is 7.67. The first kappa shape index (κ1) is 17.9. The Morgan fingerprint density at radius 2 is 2.21 bits per heavy atom. The molecule has 6 nitrogen and oxygen atoms in total. The normalized spacial score (nSPS) is 23.0. The van der Waals surface area contributed by atoms with Crippen molar-refractivity contribution in [3.05, 3.63) is 57.9 Å². The Balaban J connectivity index is 1.29. The van der Waals surface area contributed by atoms with Gasteiger partial charge < -0.3 is 15.5 Å². The van der Waals surface area contributed by atoms with Gasteiger partial charge in [0, 0.05) is 48.3 Å². The van der Waals surface area contributed by atoms with E-state index in [0.717, 1.165) is 29.5 Å². The number of aromatic nitrogens is 1. The second-order valence-corrected chi connectivity index (χ2v) is 10.0. The van der Waals surface area contributed by atoms with Gasteiger partial charge in [0.15, 0.2) is 5.13 Å². The van der Waals surface area contributed by atoms with Crippen molar-refractivity contribution in [2.75, 3.05) is 18.4 Å². The van der Waals surface area contributed by atoms with E-state index in [1.165, 1.54) is 9.33 Å². The molecule has 0 saturated heterocycles. The van der Waals surface area contributed by atoms with Crippen molar-refractivity contribution in [2.45, 2.75) is 13.1 Å². The first-order valence-corrected chi connectivity index (χ1v) is 12.5. The van der Waals surface area contributed by atoms with Crippen LogP contribution in [0.25, 0.3) is 11.3 Å². The number of fused-ring (bicyclic) bond motifs is 1. The zero-order valence-corrected chi connectivity index (χ0v) is 18.4. The highest BCUT2D eigenvalue weighted by molar-refractivity contribution is 14.2. The maximum atomic E-state index is 4.80. The van der Waals surface area contributed by atoms with Gasteiger partial charge in [-0.2, -0.15) is 5.10 Å². The SMILES string of the molecule is CCN1CC(C2=CNC3C(Nc4nc(-c5ccccc5)cs4)=IC=CN23)C=N1. The van der Waals surface area contributed by atoms with E-state index in [1.54, 1.807) is 11.3 Å². The second-order valence-electron chi connectivity index (χ2n) is 6.68. The van der Waals surface area contributed by atoms with E-state index in [4.69, 9.17) is 4.98 Å². The summed E-state index contributed by atoms with van der Waals surface area (Å²) in [5.41, 5.74) is 3.46. The van der Waals surface area contributed by atoms with E-state index < -0.39 is 0 Å². The van der Waals surface area contributed by atoms with Crippen molar-refractivity contribution in [2.24, 2.45) is 11.0 Å². The van der Waals surface area contributed by atoms with Crippen LogP contribution in [0.5, 0.6) is 0 Å². The zero-order valence-electron chi connectivity index (χ0n) is 15.4. The molecule has 2 aromatic rings. The molecule has 0 bridgehead atoms. The number of nitrogens with one attached hydrogen (secondary N) is 2. The summed E-state index contributed by atoms with van der Waals surface area (Å²) >= 11 is 1.47. The third-order valence-electron chi connectivity index (χ3n) is 4.97. The minimum Gasteiger partial charge on any atom is -0.364 e. The van der Waals surface area contributed by atoms with Crippen molar-refractivity contribution >= 4 is 47.0 Å². The summed E-state index contributed by atoms with van der Waals surface area (Å²) in [6.45, 7) is 4.04. The average molecular weight is 504 g/mol. The number of anilines is 1. The summed E-state index contributed by atoms with van der Waals surface area (Å²) in [6.07, 6.45) is 6.62. The van der Waals surface area contributed by atoms with Crippen LogP contribution in [0.3, 0.4) is 0 Å². The Bertz CT molecular complexity index is 980. The number of rotatable bonds is 5. The number of thiazole rings is 1. The highest BCUT2D eigenvalue weighted by atomic mass is 127. The quantitative estimate of drug-likeness (QED) is 0.607. The molecule has 0 radical (unpaired) electrons. The van der Waals surface area contributed by atoms with Gasteiger partial charge >= 0.3 is 0 Å². The topological polar surface area (TPSA) is 55.8 Å². The number of hydrogen-bond donors (Lipinski definition) is 2. The first-order valence-electron chi connectivity index (χ1n) is 9.30. The maximum Gasteiger partial charge on any atom is 0.187 e. The number of benzene rings is 1. The Kier molecular flexibility index (Phi) is 4.89. The molecular weight excluding hydrogens is 483 g/mol. The molecule has 2 N–H and O–H groups in total. The molecule has 5 rings (SSSR count). The van der Waals surface area contributed by atoms with Crippen molar-refractivity contribution < 1.29 is 0 Å². The van der Waals surface area contributed by atoms with E-state index in [9.17, 15) is 0 Å². The Morgan fingerprint density at radius 3 is 3.04 bits per heavy atom. The van der Waals surface area contributed by atoms with Crippen LogP contribution in [0, 0.1) is 5.92 Å². The highest BCUT2D eigenvalue weighted by Gasteiger charge is 2.35. The van der Waals surface area contributed by atoms with Gasteiger partial charge in [-0.15, -0.1) is 11.3 Å². The van der Waals surface area contributed by atoms with Crippen LogP contribution < -0.4 is 10.6 Å². The molecule has 144 valence electrons. The lowest BCUT2D eigenvalue weighted by atomic mass is 10.1. The molecule has 0 aliphatic carbocycles. The fourth-order valence-corrected chi connectivity index (χ4v) is 6.54. The Labute approximate surface area is 178 Å². The van der Waals surface area contributed by atoms with Gasteiger partial charge in [0.2, 0.25) is 0 Å². The van der Waals surface area contributed by atoms with Crippen molar-refractivity contribution in [3.63, 3.8) is 0 Å². The van der Waals surface area contributed by atoms with Gasteiger partial charge in [-0.05, 0) is 11.0 Å². The van der Waals surface area contributed by atoms with Crippen LogP contribution in [-0.2, 0) is 0 Å². The molecule has 28 heavy (non-hydrogen) atoms. The lowest BCUT2D eigenvalue weighted by Gasteiger charge is -2.31. The molecule has 1 aromatic carbocycles. The predicted molar refractivity (Wildman–Crippen MR) is 125 cm³/mol. The molecule has 3 aliphatic heterocycles. The highest BCUT2D eigenvalue weighted by Crippen LogP contribution is 2.32. The van der Waals surface area contributed by atoms with Crippen LogP contribution in [0.2, 0.25) is 0 Å². The van der Waals surface area contributed by atoms with Crippen LogP contribution >= 0.6 is 32.1 Å². The fraction of sp³-hybridized carbons (Fsp3) is 0.250. The summed E-state index contributed by atoms with van der Waals surface area (Å²) in [6, 6.07) is 10.3. The maximum absolute atomic E-state index is 4.80. The summed E-state index contributed by atoms with van der Waals surface area (Å²) in [5, 5.41) is 16.9. The largest absolute Gasteiger partial charge is 0.364 e. The third kappa shape index (κ3) is 3.35. The Morgan fingerprint density at radius 1 is 1.32 bits per heavy atom. The van der Waals surface area contributed by atoms with E-state index in [-0.39, 0.29) is 26.9 Å². The van der Waals surface area contributed by atoms with Gasteiger partial charge in [-0.25, -0.2) is 4.98 Å². The molecule has 0 saturated carbocycles. The molecule has 4 heterocycles. The fourth-order valence-electron chi connectivity index (χ4n) is 3.50. The molecule has 2 atom stereocenters. The van der Waals surface area contributed by atoms with E-state index >= 15 is 0 Å². The molecule has 2 unspecified atom stereocenters. The molecule has 8 heteroatoms. The summed E-state index contributed by atoms with van der Waals surface area (Å²) in [5.74, 6) is 0.337. The van der Waals surface area contributed by atoms with E-state index in [1.807, 2.05) is 18.2 Å². The lowest BCUT2D eigenvalue weighted by molar-refractivity contribution is 0.304. The zero-order chi connectivity index (χ0) is 18.9. The van der Waals surface area contributed by atoms with Gasteiger partial charge in [0.25, 0.3) is 0 Å².